The van der Waals surface area contributed by atoms with Gasteiger partial charge in [-0.25, -0.2) is 0 Å². The Morgan fingerprint density at radius 3 is 2.32 bits per heavy atom. The Kier molecular flexibility index (Phi) is 4.58. The third kappa shape index (κ3) is 3.34. The van der Waals surface area contributed by atoms with Crippen LogP contribution in [0.2, 0.25) is 20.1 Å². The smallest absolute Gasteiger partial charge is 0.257 e. The first-order valence-electron chi connectivity index (χ1n) is 5.19. The van der Waals surface area contributed by atoms with Gasteiger partial charge >= 0.3 is 0 Å². The minimum absolute atomic E-state index is 0.210. The van der Waals surface area contributed by atoms with Crippen molar-refractivity contribution in [3.63, 3.8) is 0 Å². The van der Waals surface area contributed by atoms with E-state index in [2.05, 4.69) is 5.32 Å². The Bertz CT molecular complexity index is 643. The van der Waals surface area contributed by atoms with Gasteiger partial charge in [-0.05, 0) is 30.3 Å². The summed E-state index contributed by atoms with van der Waals surface area (Å²) in [5.74, 6) is -0.370. The molecular weight excluding hydrogens is 328 g/mol. The fourth-order valence-electron chi connectivity index (χ4n) is 1.45. The first-order chi connectivity index (χ1) is 8.99. The van der Waals surface area contributed by atoms with Crippen molar-refractivity contribution in [3.05, 3.63) is 62.1 Å². The van der Waals surface area contributed by atoms with Crippen LogP contribution in [0.4, 0.5) is 5.69 Å². The molecule has 0 spiro atoms. The molecule has 0 fully saturated rings. The van der Waals surface area contributed by atoms with Crippen LogP contribution in [0, 0.1) is 0 Å². The van der Waals surface area contributed by atoms with Crippen molar-refractivity contribution in [1.29, 1.82) is 0 Å². The summed E-state index contributed by atoms with van der Waals surface area (Å²) in [5.41, 5.74) is 0.815. The molecule has 0 heterocycles. The molecule has 0 aliphatic carbocycles. The van der Waals surface area contributed by atoms with Gasteiger partial charge in [0, 0.05) is 5.69 Å². The van der Waals surface area contributed by atoms with Crippen LogP contribution in [-0.4, -0.2) is 5.91 Å². The van der Waals surface area contributed by atoms with E-state index in [4.69, 9.17) is 46.4 Å². The SMILES string of the molecule is O=C(Nc1ccc(Cl)c(Cl)c1)c1cccc(Cl)c1Cl. The molecular formula is C13H7Cl4NO. The molecule has 0 bridgehead atoms. The lowest BCUT2D eigenvalue weighted by molar-refractivity contribution is 0.102. The van der Waals surface area contributed by atoms with Crippen molar-refractivity contribution in [2.24, 2.45) is 0 Å². The second-order valence-corrected chi connectivity index (χ2v) is 5.28. The van der Waals surface area contributed by atoms with Crippen molar-refractivity contribution in [2.45, 2.75) is 0 Å². The number of nitrogens with one attached hydrogen (secondary N) is 1. The van der Waals surface area contributed by atoms with Crippen LogP contribution < -0.4 is 5.32 Å². The fraction of sp³-hybridized carbons (Fsp3) is 0. The summed E-state index contributed by atoms with van der Waals surface area (Å²) in [6.45, 7) is 0. The number of hydrogen-bond donors (Lipinski definition) is 1. The minimum Gasteiger partial charge on any atom is -0.322 e. The standard InChI is InChI=1S/C13H7Cl4NO/c14-9-5-4-7(6-11(9)16)18-13(19)8-2-1-3-10(15)12(8)17/h1-6H,(H,18,19). The lowest BCUT2D eigenvalue weighted by atomic mass is 10.2. The van der Waals surface area contributed by atoms with E-state index in [1.54, 1.807) is 36.4 Å². The Hall–Kier alpha value is -0.930. The van der Waals surface area contributed by atoms with Crippen molar-refractivity contribution in [3.8, 4) is 0 Å². The Labute approximate surface area is 130 Å². The zero-order valence-electron chi connectivity index (χ0n) is 9.38. The monoisotopic (exact) mass is 333 g/mol. The first kappa shape index (κ1) is 14.5. The van der Waals surface area contributed by atoms with E-state index < -0.39 is 0 Å². The first-order valence-corrected chi connectivity index (χ1v) is 6.70. The number of carbonyl (C=O) groups excluding carboxylic acids is 1. The van der Waals surface area contributed by atoms with Crippen molar-refractivity contribution in [1.82, 2.24) is 0 Å². The topological polar surface area (TPSA) is 29.1 Å². The van der Waals surface area contributed by atoms with Gasteiger partial charge in [0.05, 0.1) is 25.7 Å². The molecule has 98 valence electrons. The molecule has 0 aromatic heterocycles. The molecule has 1 amide bonds. The van der Waals surface area contributed by atoms with Gasteiger partial charge < -0.3 is 5.32 Å². The number of halogens is 4. The average molecular weight is 335 g/mol. The van der Waals surface area contributed by atoms with Gasteiger partial charge in [0.25, 0.3) is 5.91 Å². The maximum absolute atomic E-state index is 12.1. The number of benzene rings is 2. The summed E-state index contributed by atoms with van der Waals surface area (Å²) >= 11 is 23.5. The van der Waals surface area contributed by atoms with Crippen LogP contribution in [0.5, 0.6) is 0 Å². The lowest BCUT2D eigenvalue weighted by Crippen LogP contribution is -2.12. The van der Waals surface area contributed by atoms with Gasteiger partial charge in [-0.2, -0.15) is 0 Å². The maximum Gasteiger partial charge on any atom is 0.257 e. The average Bonchev–Trinajstić information content (AvgIpc) is 2.37. The van der Waals surface area contributed by atoms with Crippen LogP contribution in [0.1, 0.15) is 10.4 Å². The predicted octanol–water partition coefficient (Wildman–Crippen LogP) is 5.55. The van der Waals surface area contributed by atoms with Gasteiger partial charge in [-0.1, -0.05) is 52.5 Å². The molecule has 0 aliphatic heterocycles. The van der Waals surface area contributed by atoms with E-state index in [0.29, 0.717) is 26.3 Å². The summed E-state index contributed by atoms with van der Waals surface area (Å²) in [6.07, 6.45) is 0. The molecule has 6 heteroatoms. The van der Waals surface area contributed by atoms with Gasteiger partial charge in [0.2, 0.25) is 0 Å². The summed E-state index contributed by atoms with van der Waals surface area (Å²) < 4.78 is 0. The highest BCUT2D eigenvalue weighted by molar-refractivity contribution is 6.44. The van der Waals surface area contributed by atoms with Crippen LogP contribution >= 0.6 is 46.4 Å². The van der Waals surface area contributed by atoms with Gasteiger partial charge in [-0.3, -0.25) is 4.79 Å². The van der Waals surface area contributed by atoms with Gasteiger partial charge in [0.15, 0.2) is 0 Å². The molecule has 0 radical (unpaired) electrons. The third-order valence-electron chi connectivity index (χ3n) is 2.37. The second kappa shape index (κ2) is 6.02. The molecule has 2 aromatic rings. The predicted molar refractivity (Wildman–Crippen MR) is 80.9 cm³/mol. The minimum atomic E-state index is -0.370. The fourth-order valence-corrected chi connectivity index (χ4v) is 2.14. The van der Waals surface area contributed by atoms with E-state index in [9.17, 15) is 4.79 Å². The van der Waals surface area contributed by atoms with E-state index in [0.717, 1.165) is 0 Å². The molecule has 2 rings (SSSR count). The summed E-state index contributed by atoms with van der Waals surface area (Å²) in [6, 6.07) is 9.64. The van der Waals surface area contributed by atoms with E-state index >= 15 is 0 Å². The van der Waals surface area contributed by atoms with Gasteiger partial charge in [0.1, 0.15) is 0 Å². The van der Waals surface area contributed by atoms with Crippen LogP contribution in [0.25, 0.3) is 0 Å². The largest absolute Gasteiger partial charge is 0.322 e. The zero-order valence-corrected chi connectivity index (χ0v) is 12.4. The highest BCUT2D eigenvalue weighted by Crippen LogP contribution is 2.28. The van der Waals surface area contributed by atoms with E-state index in [1.807, 2.05) is 0 Å². The Morgan fingerprint density at radius 1 is 0.895 bits per heavy atom. The number of hydrogen-bond acceptors (Lipinski definition) is 1. The molecule has 1 N–H and O–H groups in total. The number of rotatable bonds is 2. The Balaban J connectivity index is 2.26. The Morgan fingerprint density at radius 2 is 1.63 bits per heavy atom. The maximum atomic E-state index is 12.1. The molecule has 0 saturated heterocycles. The lowest BCUT2D eigenvalue weighted by Gasteiger charge is -2.08. The van der Waals surface area contributed by atoms with E-state index in [-0.39, 0.29) is 10.9 Å². The van der Waals surface area contributed by atoms with Gasteiger partial charge in [-0.15, -0.1) is 0 Å². The van der Waals surface area contributed by atoms with E-state index in [1.165, 1.54) is 0 Å². The molecule has 2 aromatic carbocycles. The highest BCUT2D eigenvalue weighted by atomic mass is 35.5. The van der Waals surface area contributed by atoms with Crippen LogP contribution in [0.15, 0.2) is 36.4 Å². The number of carbonyl (C=O) groups is 1. The summed E-state index contributed by atoms with van der Waals surface area (Å²) in [5, 5.41) is 3.98. The molecule has 0 atom stereocenters. The quantitative estimate of drug-likeness (QED) is 0.766. The highest BCUT2D eigenvalue weighted by Gasteiger charge is 2.13. The van der Waals surface area contributed by atoms with Crippen LogP contribution in [0.3, 0.4) is 0 Å². The third-order valence-corrected chi connectivity index (χ3v) is 3.93. The molecule has 0 unspecified atom stereocenters. The molecule has 0 aliphatic rings. The summed E-state index contributed by atoms with van der Waals surface area (Å²) in [7, 11) is 0. The van der Waals surface area contributed by atoms with Crippen LogP contribution in [-0.2, 0) is 0 Å². The molecule has 0 saturated carbocycles. The second-order valence-electron chi connectivity index (χ2n) is 3.68. The van der Waals surface area contributed by atoms with Crippen molar-refractivity contribution in [2.75, 3.05) is 5.32 Å². The number of anilines is 1. The van der Waals surface area contributed by atoms with Crippen molar-refractivity contribution < 1.29 is 4.79 Å². The zero-order chi connectivity index (χ0) is 14.0. The number of amides is 1. The summed E-state index contributed by atoms with van der Waals surface area (Å²) in [4.78, 5) is 12.1. The molecule has 19 heavy (non-hydrogen) atoms. The van der Waals surface area contributed by atoms with Crippen molar-refractivity contribution >= 4 is 58.0 Å². The molecule has 2 nitrogen and oxygen atoms in total. The normalized spacial score (nSPS) is 10.3.